The normalized spacial score (nSPS) is 28.6. The number of rotatable bonds is 4. The molecule has 0 spiro atoms. The monoisotopic (exact) mass is 155 g/mol. The molecule has 0 aromatic rings. The van der Waals surface area contributed by atoms with E-state index in [-0.39, 0.29) is 0 Å². The minimum atomic E-state index is 0.836. The summed E-state index contributed by atoms with van der Waals surface area (Å²) < 4.78 is 0. The van der Waals surface area contributed by atoms with Crippen molar-refractivity contribution in [1.82, 2.24) is 5.32 Å². The molecular formula is C10H21N. The highest BCUT2D eigenvalue weighted by atomic mass is 15.1. The molecule has 0 saturated carbocycles. The second kappa shape index (κ2) is 3.57. The Kier molecular flexibility index (Phi) is 2.94. The van der Waals surface area contributed by atoms with Gasteiger partial charge in [-0.3, -0.25) is 0 Å². The number of nitrogens with one attached hydrogen (secondary N) is 1. The van der Waals surface area contributed by atoms with E-state index in [0.29, 0.717) is 0 Å². The average molecular weight is 155 g/mol. The van der Waals surface area contributed by atoms with E-state index in [9.17, 15) is 0 Å². The predicted octanol–water partition coefficient (Wildman–Crippen LogP) is 2.28. The maximum absolute atomic E-state index is 3.42. The summed E-state index contributed by atoms with van der Waals surface area (Å²) in [5.74, 6) is 2.62. The molecule has 3 atom stereocenters. The van der Waals surface area contributed by atoms with Crippen LogP contribution >= 0.6 is 0 Å². The van der Waals surface area contributed by atoms with E-state index >= 15 is 0 Å². The van der Waals surface area contributed by atoms with Crippen LogP contribution in [-0.2, 0) is 0 Å². The molecule has 1 rings (SSSR count). The Labute approximate surface area is 70.6 Å². The summed E-state index contributed by atoms with van der Waals surface area (Å²) in [5, 5.41) is 3.42. The van der Waals surface area contributed by atoms with Gasteiger partial charge >= 0.3 is 0 Å². The van der Waals surface area contributed by atoms with E-state index in [2.05, 4.69) is 33.0 Å². The van der Waals surface area contributed by atoms with Crippen molar-refractivity contribution in [3.05, 3.63) is 0 Å². The highest BCUT2D eigenvalue weighted by Crippen LogP contribution is 2.29. The third kappa shape index (κ3) is 2.19. The Morgan fingerprint density at radius 1 is 1.36 bits per heavy atom. The topological polar surface area (TPSA) is 21.9 Å². The molecule has 0 aliphatic carbocycles. The van der Waals surface area contributed by atoms with Gasteiger partial charge in [-0.15, -0.1) is 0 Å². The fraction of sp³-hybridized carbons (Fsp3) is 1.00. The highest BCUT2D eigenvalue weighted by molar-refractivity contribution is 4.92. The van der Waals surface area contributed by atoms with E-state index < -0.39 is 0 Å². The van der Waals surface area contributed by atoms with Crippen LogP contribution in [0, 0.1) is 17.8 Å². The predicted molar refractivity (Wildman–Crippen MR) is 49.6 cm³/mol. The molecule has 1 saturated heterocycles. The van der Waals surface area contributed by atoms with Crippen LogP contribution in [-0.4, -0.2) is 12.6 Å². The van der Waals surface area contributed by atoms with Crippen LogP contribution in [0.2, 0.25) is 0 Å². The molecule has 1 heteroatoms. The standard InChI is InChI=1S/C10H21N/c1-5-9(10-6-11-10)8(4)7(2)3/h7-11H,5-6H2,1-4H3. The molecule has 0 amide bonds. The van der Waals surface area contributed by atoms with Crippen molar-refractivity contribution in [2.24, 2.45) is 17.8 Å². The summed E-state index contributed by atoms with van der Waals surface area (Å²) in [6.45, 7) is 10.6. The molecule has 66 valence electrons. The summed E-state index contributed by atoms with van der Waals surface area (Å²) in [6, 6.07) is 0.845. The molecule has 0 bridgehead atoms. The van der Waals surface area contributed by atoms with Crippen LogP contribution < -0.4 is 5.32 Å². The van der Waals surface area contributed by atoms with Crippen molar-refractivity contribution in [3.8, 4) is 0 Å². The first kappa shape index (κ1) is 9.05. The minimum absolute atomic E-state index is 0.836. The quantitative estimate of drug-likeness (QED) is 0.618. The maximum Gasteiger partial charge on any atom is 0.0224 e. The fourth-order valence-corrected chi connectivity index (χ4v) is 1.89. The Bertz CT molecular complexity index is 116. The van der Waals surface area contributed by atoms with Gasteiger partial charge in [-0.1, -0.05) is 34.1 Å². The second-order valence-corrected chi connectivity index (χ2v) is 4.19. The number of hydrogen-bond acceptors (Lipinski definition) is 1. The summed E-state index contributed by atoms with van der Waals surface area (Å²) in [4.78, 5) is 0. The Hall–Kier alpha value is -0.0400. The van der Waals surface area contributed by atoms with Gasteiger partial charge in [-0.05, 0) is 17.8 Å². The summed E-state index contributed by atoms with van der Waals surface area (Å²) in [5.41, 5.74) is 0. The Morgan fingerprint density at radius 3 is 2.18 bits per heavy atom. The molecule has 3 unspecified atom stereocenters. The lowest BCUT2D eigenvalue weighted by atomic mass is 9.81. The van der Waals surface area contributed by atoms with Gasteiger partial charge in [0.15, 0.2) is 0 Å². The zero-order valence-corrected chi connectivity index (χ0v) is 8.22. The lowest BCUT2D eigenvalue weighted by Gasteiger charge is -2.24. The number of hydrogen-bond donors (Lipinski definition) is 1. The van der Waals surface area contributed by atoms with Gasteiger partial charge in [0.2, 0.25) is 0 Å². The second-order valence-electron chi connectivity index (χ2n) is 4.19. The van der Waals surface area contributed by atoms with Gasteiger partial charge in [0.05, 0.1) is 0 Å². The van der Waals surface area contributed by atoms with Gasteiger partial charge in [-0.2, -0.15) is 0 Å². The summed E-state index contributed by atoms with van der Waals surface area (Å²) in [7, 11) is 0. The molecule has 0 aromatic carbocycles. The van der Waals surface area contributed by atoms with Crippen molar-refractivity contribution >= 4 is 0 Å². The van der Waals surface area contributed by atoms with Gasteiger partial charge in [0.1, 0.15) is 0 Å². The molecule has 1 N–H and O–H groups in total. The maximum atomic E-state index is 3.42. The van der Waals surface area contributed by atoms with Gasteiger partial charge in [0.25, 0.3) is 0 Å². The largest absolute Gasteiger partial charge is 0.311 e. The molecule has 11 heavy (non-hydrogen) atoms. The summed E-state index contributed by atoms with van der Waals surface area (Å²) >= 11 is 0. The molecule has 1 aliphatic rings. The Morgan fingerprint density at radius 2 is 1.91 bits per heavy atom. The van der Waals surface area contributed by atoms with Crippen molar-refractivity contribution in [3.63, 3.8) is 0 Å². The van der Waals surface area contributed by atoms with Crippen LogP contribution in [0.4, 0.5) is 0 Å². The van der Waals surface area contributed by atoms with Crippen LogP contribution in [0.3, 0.4) is 0 Å². The Balaban J connectivity index is 2.39. The highest BCUT2D eigenvalue weighted by Gasteiger charge is 2.33. The van der Waals surface area contributed by atoms with Crippen molar-refractivity contribution in [2.45, 2.75) is 40.2 Å². The molecule has 1 aliphatic heterocycles. The SMILES string of the molecule is CCC(C1CN1)C(C)C(C)C. The molecule has 0 aromatic heterocycles. The molecule has 0 radical (unpaired) electrons. The molecule has 1 heterocycles. The molecular weight excluding hydrogens is 134 g/mol. The minimum Gasteiger partial charge on any atom is -0.311 e. The zero-order valence-electron chi connectivity index (χ0n) is 8.22. The fourth-order valence-electron chi connectivity index (χ4n) is 1.89. The van der Waals surface area contributed by atoms with Crippen molar-refractivity contribution in [2.75, 3.05) is 6.54 Å². The van der Waals surface area contributed by atoms with Crippen LogP contribution in [0.25, 0.3) is 0 Å². The van der Waals surface area contributed by atoms with E-state index in [1.807, 2.05) is 0 Å². The lowest BCUT2D eigenvalue weighted by Crippen LogP contribution is -2.22. The first-order valence-electron chi connectivity index (χ1n) is 4.90. The zero-order chi connectivity index (χ0) is 8.43. The molecule has 1 fully saturated rings. The van der Waals surface area contributed by atoms with Crippen molar-refractivity contribution < 1.29 is 0 Å². The third-order valence-corrected chi connectivity index (χ3v) is 3.15. The van der Waals surface area contributed by atoms with Gasteiger partial charge < -0.3 is 5.32 Å². The lowest BCUT2D eigenvalue weighted by molar-refractivity contribution is 0.265. The van der Waals surface area contributed by atoms with Gasteiger partial charge in [-0.25, -0.2) is 0 Å². The summed E-state index contributed by atoms with van der Waals surface area (Å²) in [6.07, 6.45) is 1.33. The first-order valence-corrected chi connectivity index (χ1v) is 4.90. The van der Waals surface area contributed by atoms with E-state index in [1.54, 1.807) is 0 Å². The third-order valence-electron chi connectivity index (χ3n) is 3.15. The first-order chi connectivity index (χ1) is 5.16. The van der Waals surface area contributed by atoms with Crippen LogP contribution in [0.1, 0.15) is 34.1 Å². The van der Waals surface area contributed by atoms with Crippen molar-refractivity contribution in [1.29, 1.82) is 0 Å². The molecule has 1 nitrogen and oxygen atoms in total. The smallest absolute Gasteiger partial charge is 0.0224 e. The van der Waals surface area contributed by atoms with Gasteiger partial charge in [0, 0.05) is 12.6 Å². The van der Waals surface area contributed by atoms with Crippen LogP contribution in [0.15, 0.2) is 0 Å². The van der Waals surface area contributed by atoms with E-state index in [1.165, 1.54) is 13.0 Å². The van der Waals surface area contributed by atoms with E-state index in [0.717, 1.165) is 23.8 Å². The average Bonchev–Trinajstić information content (AvgIpc) is 2.72. The van der Waals surface area contributed by atoms with Crippen LogP contribution in [0.5, 0.6) is 0 Å². The van der Waals surface area contributed by atoms with E-state index in [4.69, 9.17) is 0 Å².